The zero-order valence-corrected chi connectivity index (χ0v) is 15.6. The maximum atomic E-state index is 12.0. The molecule has 144 valence electrons. The minimum Gasteiger partial charge on any atom is -0.497 e. The zero-order valence-electron chi connectivity index (χ0n) is 15.6. The normalized spacial score (nSPS) is 10.9. The Hall–Kier alpha value is -3.42. The highest BCUT2D eigenvalue weighted by Gasteiger charge is 2.06. The molecule has 2 aromatic rings. The molecule has 8 nitrogen and oxygen atoms in total. The number of amides is 1. The van der Waals surface area contributed by atoms with Gasteiger partial charge in [-0.05, 0) is 36.4 Å². The Morgan fingerprint density at radius 2 is 1.70 bits per heavy atom. The number of nitrogens with zero attached hydrogens (tertiary/aromatic N) is 1. The Morgan fingerprint density at radius 1 is 1.00 bits per heavy atom. The molecular weight excluding hydrogens is 348 g/mol. The summed E-state index contributed by atoms with van der Waals surface area (Å²) in [5.41, 5.74) is 7.14. The summed E-state index contributed by atoms with van der Waals surface area (Å²) in [6, 6.07) is 12.2. The second-order valence-electron chi connectivity index (χ2n) is 5.45. The standard InChI is InChI=1S/C19H24N4O4/c1-25-15-7-4-13(5-8-15)18(24)21-10-11-22-19(20)23-14-6-9-16(26-2)17(12-14)27-3/h4-9,12H,10-11H2,1-3H3,(H,21,24)(H3,20,22,23). The highest BCUT2D eigenvalue weighted by Crippen LogP contribution is 2.29. The molecule has 0 radical (unpaired) electrons. The fourth-order valence-corrected chi connectivity index (χ4v) is 2.29. The summed E-state index contributed by atoms with van der Waals surface area (Å²) in [5, 5.41) is 5.75. The fourth-order valence-electron chi connectivity index (χ4n) is 2.29. The van der Waals surface area contributed by atoms with Crippen molar-refractivity contribution in [2.75, 3.05) is 39.7 Å². The van der Waals surface area contributed by atoms with Gasteiger partial charge in [-0.25, -0.2) is 0 Å². The number of nitrogens with one attached hydrogen (secondary N) is 2. The Bertz CT molecular complexity index is 791. The first kappa shape index (κ1) is 19.9. The van der Waals surface area contributed by atoms with Crippen LogP contribution >= 0.6 is 0 Å². The van der Waals surface area contributed by atoms with Gasteiger partial charge < -0.3 is 30.6 Å². The number of hydrogen-bond acceptors (Lipinski definition) is 5. The molecule has 0 saturated carbocycles. The topological polar surface area (TPSA) is 107 Å². The second kappa shape index (κ2) is 9.91. The monoisotopic (exact) mass is 372 g/mol. The smallest absolute Gasteiger partial charge is 0.251 e. The summed E-state index contributed by atoms with van der Waals surface area (Å²) in [5.74, 6) is 1.97. The molecule has 0 aliphatic carbocycles. The van der Waals surface area contributed by atoms with E-state index in [-0.39, 0.29) is 11.9 Å². The highest BCUT2D eigenvalue weighted by atomic mass is 16.5. The van der Waals surface area contributed by atoms with Crippen molar-refractivity contribution in [2.45, 2.75) is 0 Å². The van der Waals surface area contributed by atoms with E-state index >= 15 is 0 Å². The summed E-state index contributed by atoms with van der Waals surface area (Å²) < 4.78 is 15.5. The third kappa shape index (κ3) is 5.81. The number of methoxy groups -OCH3 is 3. The molecule has 0 fully saturated rings. The fraction of sp³-hybridized carbons (Fsp3) is 0.263. The first-order valence-electron chi connectivity index (χ1n) is 8.28. The Morgan fingerprint density at radius 3 is 2.33 bits per heavy atom. The van der Waals surface area contributed by atoms with Crippen molar-refractivity contribution in [2.24, 2.45) is 10.7 Å². The molecule has 0 aliphatic rings. The van der Waals surface area contributed by atoms with Crippen LogP contribution in [0.3, 0.4) is 0 Å². The molecule has 4 N–H and O–H groups in total. The maximum Gasteiger partial charge on any atom is 0.251 e. The quantitative estimate of drug-likeness (QED) is 0.371. The van der Waals surface area contributed by atoms with Gasteiger partial charge in [0.15, 0.2) is 17.5 Å². The molecule has 2 rings (SSSR count). The van der Waals surface area contributed by atoms with E-state index in [0.717, 1.165) is 5.69 Å². The lowest BCUT2D eigenvalue weighted by Gasteiger charge is -2.11. The minimum absolute atomic E-state index is 0.181. The highest BCUT2D eigenvalue weighted by molar-refractivity contribution is 5.94. The molecule has 1 amide bonds. The van der Waals surface area contributed by atoms with Gasteiger partial charge in [0.1, 0.15) is 5.75 Å². The summed E-state index contributed by atoms with van der Waals surface area (Å²) in [7, 11) is 4.71. The minimum atomic E-state index is -0.181. The predicted molar refractivity (Wildman–Crippen MR) is 105 cm³/mol. The van der Waals surface area contributed by atoms with Crippen molar-refractivity contribution in [3.63, 3.8) is 0 Å². The van der Waals surface area contributed by atoms with Crippen LogP contribution in [0.15, 0.2) is 47.5 Å². The third-order valence-electron chi connectivity index (χ3n) is 3.69. The Kier molecular flexibility index (Phi) is 7.30. The summed E-state index contributed by atoms with van der Waals surface area (Å²) in [6.07, 6.45) is 0. The first-order valence-corrected chi connectivity index (χ1v) is 8.28. The first-order chi connectivity index (χ1) is 13.1. The van der Waals surface area contributed by atoms with Crippen molar-refractivity contribution >= 4 is 17.6 Å². The van der Waals surface area contributed by atoms with E-state index in [9.17, 15) is 4.79 Å². The van der Waals surface area contributed by atoms with Gasteiger partial charge in [0, 0.05) is 23.9 Å². The van der Waals surface area contributed by atoms with Crippen LogP contribution in [0.5, 0.6) is 17.2 Å². The lowest BCUT2D eigenvalue weighted by molar-refractivity contribution is 0.0955. The van der Waals surface area contributed by atoms with Gasteiger partial charge >= 0.3 is 0 Å². The van der Waals surface area contributed by atoms with E-state index in [1.807, 2.05) is 0 Å². The van der Waals surface area contributed by atoms with Crippen LogP contribution in [-0.2, 0) is 0 Å². The van der Waals surface area contributed by atoms with E-state index in [4.69, 9.17) is 19.9 Å². The number of carbonyl (C=O) groups is 1. The van der Waals surface area contributed by atoms with Crippen LogP contribution in [0.4, 0.5) is 5.69 Å². The summed E-state index contributed by atoms with van der Waals surface area (Å²) >= 11 is 0. The van der Waals surface area contributed by atoms with Crippen LogP contribution in [0.1, 0.15) is 10.4 Å². The molecule has 0 atom stereocenters. The molecule has 2 aromatic carbocycles. The average Bonchev–Trinajstić information content (AvgIpc) is 2.71. The molecule has 0 bridgehead atoms. The van der Waals surface area contributed by atoms with Gasteiger partial charge in [-0.2, -0.15) is 0 Å². The van der Waals surface area contributed by atoms with E-state index < -0.39 is 0 Å². The second-order valence-corrected chi connectivity index (χ2v) is 5.45. The van der Waals surface area contributed by atoms with Gasteiger partial charge in [-0.15, -0.1) is 0 Å². The number of rotatable bonds is 8. The van der Waals surface area contributed by atoms with Crippen molar-refractivity contribution in [3.05, 3.63) is 48.0 Å². The lowest BCUT2D eigenvalue weighted by Crippen LogP contribution is -2.28. The Labute approximate surface area is 158 Å². The van der Waals surface area contributed by atoms with Crippen molar-refractivity contribution in [1.82, 2.24) is 5.32 Å². The number of nitrogens with two attached hydrogens (primary N) is 1. The van der Waals surface area contributed by atoms with Crippen LogP contribution in [0, 0.1) is 0 Å². The molecule has 0 aromatic heterocycles. The Balaban J connectivity index is 1.82. The largest absolute Gasteiger partial charge is 0.497 e. The number of aliphatic imine (C=N–C) groups is 1. The maximum absolute atomic E-state index is 12.0. The van der Waals surface area contributed by atoms with E-state index in [2.05, 4.69) is 15.6 Å². The van der Waals surface area contributed by atoms with Gasteiger partial charge in [0.25, 0.3) is 5.91 Å². The van der Waals surface area contributed by atoms with Gasteiger partial charge in [-0.1, -0.05) is 0 Å². The van der Waals surface area contributed by atoms with Gasteiger partial charge in [0.05, 0.1) is 27.9 Å². The van der Waals surface area contributed by atoms with Crippen LogP contribution < -0.4 is 30.6 Å². The molecule has 8 heteroatoms. The number of carbonyl (C=O) groups excluding carboxylic acids is 1. The predicted octanol–water partition coefficient (Wildman–Crippen LogP) is 1.87. The van der Waals surface area contributed by atoms with Crippen molar-refractivity contribution in [1.29, 1.82) is 0 Å². The molecule has 27 heavy (non-hydrogen) atoms. The van der Waals surface area contributed by atoms with Gasteiger partial charge in [-0.3, -0.25) is 9.79 Å². The van der Waals surface area contributed by atoms with Crippen LogP contribution in [0.25, 0.3) is 0 Å². The summed E-state index contributed by atoms with van der Waals surface area (Å²) in [6.45, 7) is 0.702. The third-order valence-corrected chi connectivity index (χ3v) is 3.69. The number of ether oxygens (including phenoxy) is 3. The number of guanidine groups is 1. The molecule has 0 heterocycles. The lowest BCUT2D eigenvalue weighted by atomic mass is 10.2. The molecule has 0 saturated heterocycles. The van der Waals surface area contributed by atoms with Gasteiger partial charge in [0.2, 0.25) is 0 Å². The van der Waals surface area contributed by atoms with Crippen LogP contribution in [0.2, 0.25) is 0 Å². The SMILES string of the molecule is COc1ccc(C(=O)NCCN=C(N)Nc2ccc(OC)c(OC)c2)cc1. The molecule has 0 unspecified atom stereocenters. The zero-order chi connectivity index (χ0) is 19.6. The van der Waals surface area contributed by atoms with Crippen LogP contribution in [-0.4, -0.2) is 46.3 Å². The summed E-state index contributed by atoms with van der Waals surface area (Å²) in [4.78, 5) is 16.2. The van der Waals surface area contributed by atoms with Crippen molar-refractivity contribution < 1.29 is 19.0 Å². The van der Waals surface area contributed by atoms with E-state index in [1.54, 1.807) is 63.8 Å². The molecule has 0 aliphatic heterocycles. The average molecular weight is 372 g/mol. The van der Waals surface area contributed by atoms with E-state index in [1.165, 1.54) is 0 Å². The molecular formula is C19H24N4O4. The number of benzene rings is 2. The molecule has 0 spiro atoms. The van der Waals surface area contributed by atoms with Crippen molar-refractivity contribution in [3.8, 4) is 17.2 Å². The number of anilines is 1. The van der Waals surface area contributed by atoms with E-state index in [0.29, 0.717) is 35.9 Å². The number of hydrogen-bond donors (Lipinski definition) is 3.